The molecule has 7 heteroatoms. The summed E-state index contributed by atoms with van der Waals surface area (Å²) in [5, 5.41) is 0. The Morgan fingerprint density at radius 2 is 1.86 bits per heavy atom. The Morgan fingerprint density at radius 3 is 2.36 bits per heavy atom. The van der Waals surface area contributed by atoms with Crippen LogP contribution in [0.15, 0.2) is 16.6 Å². The van der Waals surface area contributed by atoms with Crippen LogP contribution in [0.25, 0.3) is 0 Å². The monoisotopic (exact) mass is 273 g/mol. The Hall–Kier alpha value is -0.980. The van der Waals surface area contributed by atoms with Crippen molar-refractivity contribution in [3.05, 3.63) is 22.4 Å². The van der Waals surface area contributed by atoms with Crippen LogP contribution in [0.3, 0.4) is 0 Å². The standard InChI is InChI=1S/C7H4BrF4NO/c8-3-1-4(9)6(13)5(2-3)14-7(10,11)12/h1-2H,13H2. The lowest BCUT2D eigenvalue weighted by Crippen LogP contribution is -2.18. The predicted molar refractivity (Wildman–Crippen MR) is 45.2 cm³/mol. The molecule has 0 spiro atoms. The molecule has 0 aliphatic carbocycles. The summed E-state index contributed by atoms with van der Waals surface area (Å²) in [5.74, 6) is -1.73. The lowest BCUT2D eigenvalue weighted by atomic mass is 10.3. The number of rotatable bonds is 1. The molecule has 0 atom stereocenters. The van der Waals surface area contributed by atoms with Gasteiger partial charge in [-0.2, -0.15) is 0 Å². The summed E-state index contributed by atoms with van der Waals surface area (Å²) in [7, 11) is 0. The third kappa shape index (κ3) is 2.76. The SMILES string of the molecule is Nc1c(F)cc(Br)cc1OC(F)(F)F. The van der Waals surface area contributed by atoms with Crippen molar-refractivity contribution in [1.82, 2.24) is 0 Å². The first kappa shape index (κ1) is 11.1. The first-order chi connectivity index (χ1) is 6.29. The van der Waals surface area contributed by atoms with E-state index in [1.807, 2.05) is 0 Å². The zero-order valence-electron chi connectivity index (χ0n) is 6.53. The fourth-order valence-electron chi connectivity index (χ4n) is 0.770. The maximum Gasteiger partial charge on any atom is 0.573 e. The maximum absolute atomic E-state index is 12.8. The largest absolute Gasteiger partial charge is 0.573 e. The van der Waals surface area contributed by atoms with E-state index in [4.69, 9.17) is 5.73 Å². The quantitative estimate of drug-likeness (QED) is 0.631. The van der Waals surface area contributed by atoms with Crippen LogP contribution in [0.5, 0.6) is 5.75 Å². The van der Waals surface area contributed by atoms with Gasteiger partial charge in [-0.15, -0.1) is 13.2 Å². The molecule has 78 valence electrons. The molecule has 1 aromatic rings. The maximum atomic E-state index is 12.8. The zero-order valence-corrected chi connectivity index (χ0v) is 8.12. The minimum atomic E-state index is -4.89. The molecule has 2 N–H and O–H groups in total. The topological polar surface area (TPSA) is 35.2 Å². The Kier molecular flexibility index (Phi) is 2.89. The Labute approximate surface area is 84.8 Å². The molecule has 2 nitrogen and oxygen atoms in total. The van der Waals surface area contributed by atoms with Crippen molar-refractivity contribution in [2.45, 2.75) is 6.36 Å². The Balaban J connectivity index is 3.09. The van der Waals surface area contributed by atoms with Crippen LogP contribution in [0.2, 0.25) is 0 Å². The van der Waals surface area contributed by atoms with Crippen molar-refractivity contribution in [3.8, 4) is 5.75 Å². The Bertz CT molecular complexity index is 352. The number of nitrogens with two attached hydrogens (primary N) is 1. The van der Waals surface area contributed by atoms with E-state index in [9.17, 15) is 17.6 Å². The van der Waals surface area contributed by atoms with Crippen molar-refractivity contribution >= 4 is 21.6 Å². The highest BCUT2D eigenvalue weighted by molar-refractivity contribution is 9.10. The highest BCUT2D eigenvalue weighted by Crippen LogP contribution is 2.32. The molecular weight excluding hydrogens is 270 g/mol. The van der Waals surface area contributed by atoms with Crippen molar-refractivity contribution in [2.24, 2.45) is 0 Å². The van der Waals surface area contributed by atoms with E-state index in [0.717, 1.165) is 12.1 Å². The summed E-state index contributed by atoms with van der Waals surface area (Å²) < 4.78 is 51.7. The Morgan fingerprint density at radius 1 is 1.29 bits per heavy atom. The van der Waals surface area contributed by atoms with Crippen LogP contribution in [-0.4, -0.2) is 6.36 Å². The van der Waals surface area contributed by atoms with Crippen LogP contribution >= 0.6 is 15.9 Å². The van der Waals surface area contributed by atoms with E-state index in [1.54, 1.807) is 0 Å². The summed E-state index contributed by atoms with van der Waals surface area (Å²) in [6, 6.07) is 1.88. The molecule has 0 fully saturated rings. The molecule has 0 aromatic heterocycles. The number of nitrogen functional groups attached to an aromatic ring is 1. The van der Waals surface area contributed by atoms with Gasteiger partial charge in [-0.25, -0.2) is 4.39 Å². The van der Waals surface area contributed by atoms with Crippen LogP contribution in [-0.2, 0) is 0 Å². The van der Waals surface area contributed by atoms with Crippen LogP contribution in [0, 0.1) is 5.82 Å². The molecule has 0 aliphatic heterocycles. The molecule has 14 heavy (non-hydrogen) atoms. The third-order valence-electron chi connectivity index (χ3n) is 1.28. The van der Waals surface area contributed by atoms with Crippen LogP contribution in [0.4, 0.5) is 23.2 Å². The summed E-state index contributed by atoms with van der Waals surface area (Å²) in [6.45, 7) is 0. The predicted octanol–water partition coefficient (Wildman–Crippen LogP) is 3.07. The van der Waals surface area contributed by atoms with Gasteiger partial charge >= 0.3 is 6.36 Å². The third-order valence-corrected chi connectivity index (χ3v) is 1.74. The second kappa shape index (κ2) is 3.64. The molecule has 0 radical (unpaired) electrons. The van der Waals surface area contributed by atoms with Gasteiger partial charge in [0.15, 0.2) is 11.6 Å². The first-order valence-corrected chi connectivity index (χ1v) is 4.09. The summed E-state index contributed by atoms with van der Waals surface area (Å²) in [4.78, 5) is 0. The van der Waals surface area contributed by atoms with Gasteiger partial charge < -0.3 is 10.5 Å². The highest BCUT2D eigenvalue weighted by atomic mass is 79.9. The van der Waals surface area contributed by atoms with Gasteiger partial charge in [0.25, 0.3) is 0 Å². The number of halogens is 5. The van der Waals surface area contributed by atoms with Crippen molar-refractivity contribution in [2.75, 3.05) is 5.73 Å². The lowest BCUT2D eigenvalue weighted by Gasteiger charge is -2.11. The second-order valence-electron chi connectivity index (χ2n) is 2.35. The fraction of sp³-hybridized carbons (Fsp3) is 0.143. The molecule has 0 saturated heterocycles. The van der Waals surface area contributed by atoms with Gasteiger partial charge in [-0.1, -0.05) is 15.9 Å². The van der Waals surface area contributed by atoms with Gasteiger partial charge in [-0.3, -0.25) is 0 Å². The van der Waals surface area contributed by atoms with Crippen LogP contribution in [0.1, 0.15) is 0 Å². The van der Waals surface area contributed by atoms with Gasteiger partial charge in [0.2, 0.25) is 0 Å². The fourth-order valence-corrected chi connectivity index (χ4v) is 1.18. The van der Waals surface area contributed by atoms with E-state index >= 15 is 0 Å². The lowest BCUT2D eigenvalue weighted by molar-refractivity contribution is -0.274. The van der Waals surface area contributed by atoms with E-state index in [1.165, 1.54) is 0 Å². The smallest absolute Gasteiger partial charge is 0.403 e. The number of benzene rings is 1. The molecule has 1 aromatic carbocycles. The summed E-state index contributed by atoms with van der Waals surface area (Å²) >= 11 is 2.81. The van der Waals surface area contributed by atoms with Gasteiger partial charge in [-0.05, 0) is 12.1 Å². The molecule has 0 unspecified atom stereocenters. The van der Waals surface area contributed by atoms with E-state index in [-0.39, 0.29) is 4.47 Å². The molecule has 0 aliphatic rings. The normalized spacial score (nSPS) is 11.5. The highest BCUT2D eigenvalue weighted by Gasteiger charge is 2.32. The van der Waals surface area contributed by atoms with Crippen molar-refractivity contribution < 1.29 is 22.3 Å². The summed E-state index contributed by atoms with van der Waals surface area (Å²) in [6.07, 6.45) is -4.89. The average Bonchev–Trinajstić information content (AvgIpc) is 1.96. The number of alkyl halides is 3. The molecule has 0 heterocycles. The van der Waals surface area contributed by atoms with E-state index in [2.05, 4.69) is 20.7 Å². The average molecular weight is 274 g/mol. The molecule has 0 saturated carbocycles. The number of anilines is 1. The van der Waals surface area contributed by atoms with E-state index in [0.29, 0.717) is 0 Å². The second-order valence-corrected chi connectivity index (χ2v) is 3.26. The van der Waals surface area contributed by atoms with Gasteiger partial charge in [0.1, 0.15) is 5.69 Å². The first-order valence-electron chi connectivity index (χ1n) is 3.30. The van der Waals surface area contributed by atoms with Crippen molar-refractivity contribution in [1.29, 1.82) is 0 Å². The minimum Gasteiger partial charge on any atom is -0.403 e. The molecule has 1 rings (SSSR count). The summed E-state index contributed by atoms with van der Waals surface area (Å²) in [5.41, 5.74) is 4.36. The van der Waals surface area contributed by atoms with Crippen molar-refractivity contribution in [3.63, 3.8) is 0 Å². The van der Waals surface area contributed by atoms with Gasteiger partial charge in [0.05, 0.1) is 0 Å². The van der Waals surface area contributed by atoms with Gasteiger partial charge in [0, 0.05) is 4.47 Å². The minimum absolute atomic E-state index is 0.114. The number of ether oxygens (including phenoxy) is 1. The van der Waals surface area contributed by atoms with E-state index < -0.39 is 23.6 Å². The van der Waals surface area contributed by atoms with Crippen LogP contribution < -0.4 is 10.5 Å². The number of hydrogen-bond acceptors (Lipinski definition) is 2. The number of hydrogen-bond donors (Lipinski definition) is 1. The molecule has 0 amide bonds. The zero-order chi connectivity index (χ0) is 10.9. The molecule has 0 bridgehead atoms. The molecular formula is C7H4BrF4NO.